The molecule has 1 rings (SSSR count). The SMILES string of the molecule is C/C=C\CN/C=C/CC(C=O)NC(=O)CCc1cc(OC)c(OC)c(OC)c1. The number of carbonyl (C=O) groups excluding carboxylic acids is 2. The van der Waals surface area contributed by atoms with E-state index in [1.807, 2.05) is 37.3 Å². The maximum absolute atomic E-state index is 12.2. The van der Waals surface area contributed by atoms with Gasteiger partial charge in [0.15, 0.2) is 11.5 Å². The molecule has 0 fully saturated rings. The zero-order valence-electron chi connectivity index (χ0n) is 17.0. The molecule has 1 amide bonds. The number of amides is 1. The number of rotatable bonds is 13. The molecule has 0 spiro atoms. The van der Waals surface area contributed by atoms with Gasteiger partial charge in [-0.25, -0.2) is 0 Å². The molecular weight excluding hydrogens is 360 g/mol. The highest BCUT2D eigenvalue weighted by Gasteiger charge is 2.15. The standard InChI is InChI=1S/C21H30N2O5/c1-5-6-11-22-12-7-8-17(15-24)23-20(25)10-9-16-13-18(26-2)21(28-4)19(14-16)27-3/h5-7,12-15,17,22H,8-11H2,1-4H3,(H,23,25)/b6-5-,12-7+. The summed E-state index contributed by atoms with van der Waals surface area (Å²) in [6, 6.07) is 3.07. The summed E-state index contributed by atoms with van der Waals surface area (Å²) in [6.07, 6.45) is 9.42. The molecule has 0 saturated carbocycles. The first-order chi connectivity index (χ1) is 13.6. The first-order valence-electron chi connectivity index (χ1n) is 9.12. The third-order valence-corrected chi connectivity index (χ3v) is 3.97. The van der Waals surface area contributed by atoms with Crippen LogP contribution in [0.3, 0.4) is 0 Å². The Labute approximate surface area is 166 Å². The van der Waals surface area contributed by atoms with Gasteiger partial charge in [0.2, 0.25) is 11.7 Å². The topological polar surface area (TPSA) is 85.9 Å². The van der Waals surface area contributed by atoms with Gasteiger partial charge < -0.3 is 29.6 Å². The lowest BCUT2D eigenvalue weighted by Crippen LogP contribution is -2.35. The predicted molar refractivity (Wildman–Crippen MR) is 109 cm³/mol. The molecule has 0 heterocycles. The van der Waals surface area contributed by atoms with Crippen molar-refractivity contribution in [3.05, 3.63) is 42.1 Å². The number of nitrogens with one attached hydrogen (secondary N) is 2. The Balaban J connectivity index is 2.57. The van der Waals surface area contributed by atoms with Crippen molar-refractivity contribution in [2.75, 3.05) is 27.9 Å². The van der Waals surface area contributed by atoms with Crippen LogP contribution < -0.4 is 24.8 Å². The number of hydrogen-bond acceptors (Lipinski definition) is 6. The van der Waals surface area contributed by atoms with Gasteiger partial charge in [0.25, 0.3) is 0 Å². The molecule has 1 aromatic carbocycles. The first-order valence-corrected chi connectivity index (χ1v) is 9.12. The number of ether oxygens (including phenoxy) is 3. The number of carbonyl (C=O) groups is 2. The second kappa shape index (κ2) is 13.2. The zero-order chi connectivity index (χ0) is 20.8. The number of aldehydes is 1. The van der Waals surface area contributed by atoms with Crippen molar-refractivity contribution in [2.24, 2.45) is 0 Å². The highest BCUT2D eigenvalue weighted by atomic mass is 16.5. The lowest BCUT2D eigenvalue weighted by atomic mass is 10.1. The van der Waals surface area contributed by atoms with Crippen molar-refractivity contribution in [1.82, 2.24) is 10.6 Å². The molecule has 1 aromatic rings. The summed E-state index contributed by atoms with van der Waals surface area (Å²) >= 11 is 0. The molecule has 28 heavy (non-hydrogen) atoms. The fourth-order valence-electron chi connectivity index (χ4n) is 2.52. The van der Waals surface area contributed by atoms with E-state index in [1.165, 1.54) is 7.11 Å². The van der Waals surface area contributed by atoms with Crippen LogP contribution >= 0.6 is 0 Å². The normalized spacial score (nSPS) is 12.0. The van der Waals surface area contributed by atoms with E-state index < -0.39 is 6.04 Å². The van der Waals surface area contributed by atoms with E-state index in [1.54, 1.807) is 20.4 Å². The first kappa shape index (κ1) is 23.1. The number of benzene rings is 1. The van der Waals surface area contributed by atoms with Gasteiger partial charge in [0, 0.05) is 13.0 Å². The highest BCUT2D eigenvalue weighted by molar-refractivity contribution is 5.79. The minimum absolute atomic E-state index is 0.193. The molecule has 0 aromatic heterocycles. The van der Waals surface area contributed by atoms with Crippen LogP contribution in [0.2, 0.25) is 0 Å². The smallest absolute Gasteiger partial charge is 0.220 e. The lowest BCUT2D eigenvalue weighted by molar-refractivity contribution is -0.123. The van der Waals surface area contributed by atoms with Crippen LogP contribution in [-0.2, 0) is 16.0 Å². The summed E-state index contributed by atoms with van der Waals surface area (Å²) in [4.78, 5) is 23.4. The quantitative estimate of drug-likeness (QED) is 0.306. The summed E-state index contributed by atoms with van der Waals surface area (Å²) in [7, 11) is 4.63. The molecule has 0 saturated heterocycles. The second-order valence-corrected chi connectivity index (χ2v) is 5.96. The maximum atomic E-state index is 12.2. The minimum atomic E-state index is -0.549. The Hall–Kier alpha value is -2.96. The molecule has 0 aliphatic heterocycles. The average Bonchev–Trinajstić information content (AvgIpc) is 2.72. The second-order valence-electron chi connectivity index (χ2n) is 5.96. The molecule has 0 bridgehead atoms. The van der Waals surface area contributed by atoms with E-state index in [2.05, 4.69) is 10.6 Å². The molecule has 0 aliphatic carbocycles. The van der Waals surface area contributed by atoms with Crippen molar-refractivity contribution in [1.29, 1.82) is 0 Å². The largest absolute Gasteiger partial charge is 0.493 e. The van der Waals surface area contributed by atoms with Crippen LogP contribution in [0.15, 0.2) is 36.6 Å². The molecule has 0 aliphatic rings. The third kappa shape index (κ3) is 7.73. The van der Waals surface area contributed by atoms with Crippen LogP contribution in [0.4, 0.5) is 0 Å². The summed E-state index contributed by atoms with van der Waals surface area (Å²) in [5, 5.41) is 5.80. The lowest BCUT2D eigenvalue weighted by Gasteiger charge is -2.14. The predicted octanol–water partition coefficient (Wildman–Crippen LogP) is 2.40. The van der Waals surface area contributed by atoms with Crippen molar-refractivity contribution >= 4 is 12.2 Å². The van der Waals surface area contributed by atoms with E-state index >= 15 is 0 Å². The van der Waals surface area contributed by atoms with E-state index in [-0.39, 0.29) is 12.3 Å². The Kier molecular flexibility index (Phi) is 10.9. The summed E-state index contributed by atoms with van der Waals surface area (Å²) in [5.74, 6) is 1.40. The van der Waals surface area contributed by atoms with E-state index in [4.69, 9.17) is 14.2 Å². The molecule has 2 N–H and O–H groups in total. The molecule has 0 radical (unpaired) electrons. The van der Waals surface area contributed by atoms with Gasteiger partial charge in [-0.1, -0.05) is 18.2 Å². The number of methoxy groups -OCH3 is 3. The Morgan fingerprint density at radius 1 is 1.11 bits per heavy atom. The van der Waals surface area contributed by atoms with Crippen molar-refractivity contribution in [2.45, 2.75) is 32.2 Å². The molecule has 7 heteroatoms. The number of allylic oxidation sites excluding steroid dienone is 1. The van der Waals surface area contributed by atoms with Gasteiger partial charge in [0.1, 0.15) is 6.29 Å². The summed E-state index contributed by atoms with van der Waals surface area (Å²) in [6.45, 7) is 2.67. The molecular formula is C21H30N2O5. The van der Waals surface area contributed by atoms with Crippen molar-refractivity contribution in [3.8, 4) is 17.2 Å². The minimum Gasteiger partial charge on any atom is -0.493 e. The van der Waals surface area contributed by atoms with Crippen LogP contribution in [0.1, 0.15) is 25.3 Å². The maximum Gasteiger partial charge on any atom is 0.220 e. The number of hydrogen-bond donors (Lipinski definition) is 2. The van der Waals surface area contributed by atoms with Crippen molar-refractivity contribution < 1.29 is 23.8 Å². The summed E-state index contributed by atoms with van der Waals surface area (Å²) < 4.78 is 15.9. The molecule has 7 nitrogen and oxygen atoms in total. The van der Waals surface area contributed by atoms with Crippen LogP contribution in [0, 0.1) is 0 Å². The van der Waals surface area contributed by atoms with Gasteiger partial charge in [-0.05, 0) is 43.7 Å². The highest BCUT2D eigenvalue weighted by Crippen LogP contribution is 2.38. The molecule has 1 atom stereocenters. The van der Waals surface area contributed by atoms with E-state index in [0.29, 0.717) is 30.1 Å². The monoisotopic (exact) mass is 390 g/mol. The van der Waals surface area contributed by atoms with Crippen LogP contribution in [-0.4, -0.2) is 46.1 Å². The van der Waals surface area contributed by atoms with E-state index in [0.717, 1.165) is 18.4 Å². The Morgan fingerprint density at radius 2 is 1.79 bits per heavy atom. The van der Waals surface area contributed by atoms with Crippen molar-refractivity contribution in [3.63, 3.8) is 0 Å². The average molecular weight is 390 g/mol. The van der Waals surface area contributed by atoms with Crippen LogP contribution in [0.25, 0.3) is 0 Å². The fourth-order valence-corrected chi connectivity index (χ4v) is 2.52. The van der Waals surface area contributed by atoms with Crippen LogP contribution in [0.5, 0.6) is 17.2 Å². The Morgan fingerprint density at radius 3 is 2.32 bits per heavy atom. The van der Waals surface area contributed by atoms with Gasteiger partial charge in [-0.3, -0.25) is 4.79 Å². The fraction of sp³-hybridized carbons (Fsp3) is 0.429. The van der Waals surface area contributed by atoms with Gasteiger partial charge in [-0.15, -0.1) is 0 Å². The summed E-state index contributed by atoms with van der Waals surface area (Å²) in [5.41, 5.74) is 0.875. The zero-order valence-corrected chi connectivity index (χ0v) is 17.0. The Bertz CT molecular complexity index is 660. The molecule has 154 valence electrons. The number of aryl methyl sites for hydroxylation is 1. The molecule has 1 unspecified atom stereocenters. The van der Waals surface area contributed by atoms with E-state index in [9.17, 15) is 9.59 Å². The van der Waals surface area contributed by atoms with Gasteiger partial charge in [0.05, 0.1) is 27.4 Å². The van der Waals surface area contributed by atoms with Gasteiger partial charge in [-0.2, -0.15) is 0 Å². The third-order valence-electron chi connectivity index (χ3n) is 3.97. The van der Waals surface area contributed by atoms with Gasteiger partial charge >= 0.3 is 0 Å².